The lowest BCUT2D eigenvalue weighted by molar-refractivity contribution is -0.160. The lowest BCUT2D eigenvalue weighted by Gasteiger charge is -2.28. The first kappa shape index (κ1) is 11.7. The van der Waals surface area contributed by atoms with Gasteiger partial charge in [-0.3, -0.25) is 9.59 Å². The van der Waals surface area contributed by atoms with Gasteiger partial charge in [0.15, 0.2) is 0 Å². The molecule has 0 aromatic carbocycles. The molecule has 1 aliphatic heterocycles. The summed E-state index contributed by atoms with van der Waals surface area (Å²) < 4.78 is 10.7. The SMILES string of the molecule is O=C(OC1CCCC1)C1C2CC3C(OC(=O)C31)C2O. The van der Waals surface area contributed by atoms with Gasteiger partial charge in [0.2, 0.25) is 0 Å². The van der Waals surface area contributed by atoms with Gasteiger partial charge in [-0.05, 0) is 32.1 Å². The fourth-order valence-corrected chi connectivity index (χ4v) is 4.59. The Morgan fingerprint density at radius 1 is 1.26 bits per heavy atom. The molecule has 4 rings (SSSR count). The molecule has 0 aromatic heterocycles. The summed E-state index contributed by atoms with van der Waals surface area (Å²) in [6.07, 6.45) is 3.71. The second-order valence-corrected chi connectivity index (χ2v) is 6.35. The first-order valence-electron chi connectivity index (χ1n) is 7.26. The highest BCUT2D eigenvalue weighted by molar-refractivity contribution is 5.86. The highest BCUT2D eigenvalue weighted by Crippen LogP contribution is 2.58. The van der Waals surface area contributed by atoms with Gasteiger partial charge >= 0.3 is 11.9 Å². The third kappa shape index (κ3) is 1.51. The van der Waals surface area contributed by atoms with Gasteiger partial charge in [0.1, 0.15) is 12.2 Å². The zero-order chi connectivity index (χ0) is 13.1. The highest BCUT2D eigenvalue weighted by atomic mass is 16.6. The van der Waals surface area contributed by atoms with Crippen molar-refractivity contribution in [2.24, 2.45) is 23.7 Å². The molecule has 5 heteroatoms. The van der Waals surface area contributed by atoms with Gasteiger partial charge in [-0.15, -0.1) is 0 Å². The van der Waals surface area contributed by atoms with Crippen LogP contribution >= 0.6 is 0 Å². The van der Waals surface area contributed by atoms with Crippen LogP contribution in [0.4, 0.5) is 0 Å². The van der Waals surface area contributed by atoms with Crippen LogP contribution in [0.5, 0.6) is 0 Å². The molecule has 5 nitrogen and oxygen atoms in total. The minimum absolute atomic E-state index is 0.0111. The topological polar surface area (TPSA) is 72.8 Å². The maximum atomic E-state index is 12.3. The van der Waals surface area contributed by atoms with Gasteiger partial charge in [-0.25, -0.2) is 0 Å². The van der Waals surface area contributed by atoms with Crippen molar-refractivity contribution >= 4 is 11.9 Å². The minimum atomic E-state index is -0.686. The van der Waals surface area contributed by atoms with Crippen molar-refractivity contribution in [3.05, 3.63) is 0 Å². The third-order valence-electron chi connectivity index (χ3n) is 5.43. The Morgan fingerprint density at radius 2 is 2.00 bits per heavy atom. The van der Waals surface area contributed by atoms with Crippen LogP contribution in [-0.4, -0.2) is 35.4 Å². The molecule has 1 N–H and O–H groups in total. The first-order chi connectivity index (χ1) is 9.16. The Hall–Kier alpha value is -1.10. The van der Waals surface area contributed by atoms with Crippen molar-refractivity contribution < 1.29 is 24.2 Å². The predicted octanol–water partition coefficient (Wildman–Crippen LogP) is 0.641. The molecular weight excluding hydrogens is 248 g/mol. The van der Waals surface area contributed by atoms with Crippen molar-refractivity contribution in [2.75, 3.05) is 0 Å². The van der Waals surface area contributed by atoms with E-state index in [-0.39, 0.29) is 41.9 Å². The van der Waals surface area contributed by atoms with E-state index in [1.54, 1.807) is 0 Å². The monoisotopic (exact) mass is 266 g/mol. The lowest BCUT2D eigenvalue weighted by Crippen LogP contribution is -2.42. The summed E-state index contributed by atoms with van der Waals surface area (Å²) in [5.41, 5.74) is 0. The van der Waals surface area contributed by atoms with E-state index in [2.05, 4.69) is 0 Å². The second-order valence-electron chi connectivity index (χ2n) is 6.35. The van der Waals surface area contributed by atoms with Gasteiger partial charge in [0, 0.05) is 11.8 Å². The highest BCUT2D eigenvalue weighted by Gasteiger charge is 2.68. The van der Waals surface area contributed by atoms with Crippen LogP contribution in [0.15, 0.2) is 0 Å². The van der Waals surface area contributed by atoms with Crippen LogP contribution < -0.4 is 0 Å². The molecule has 0 amide bonds. The van der Waals surface area contributed by atoms with Gasteiger partial charge in [0.25, 0.3) is 0 Å². The van der Waals surface area contributed by atoms with Gasteiger partial charge in [0.05, 0.1) is 17.9 Å². The number of esters is 2. The summed E-state index contributed by atoms with van der Waals surface area (Å²) in [5.74, 6) is -1.59. The normalized spacial score (nSPS) is 47.7. The lowest BCUT2D eigenvalue weighted by atomic mass is 9.78. The summed E-state index contributed by atoms with van der Waals surface area (Å²) in [5, 5.41) is 10.1. The van der Waals surface area contributed by atoms with Crippen LogP contribution in [0.25, 0.3) is 0 Å². The van der Waals surface area contributed by atoms with Crippen molar-refractivity contribution in [2.45, 2.75) is 50.4 Å². The molecule has 4 aliphatic rings. The molecule has 19 heavy (non-hydrogen) atoms. The number of fused-ring (bicyclic) bond motifs is 1. The smallest absolute Gasteiger partial charge is 0.310 e. The van der Waals surface area contributed by atoms with Crippen molar-refractivity contribution in [3.63, 3.8) is 0 Å². The summed E-state index contributed by atoms with van der Waals surface area (Å²) >= 11 is 0. The fourth-order valence-electron chi connectivity index (χ4n) is 4.59. The van der Waals surface area contributed by atoms with E-state index in [0.29, 0.717) is 6.42 Å². The van der Waals surface area contributed by atoms with Crippen LogP contribution in [0, 0.1) is 23.7 Å². The Morgan fingerprint density at radius 3 is 2.74 bits per heavy atom. The summed E-state index contributed by atoms with van der Waals surface area (Å²) in [7, 11) is 0. The molecule has 1 heterocycles. The molecule has 0 aromatic rings. The number of hydrogen-bond acceptors (Lipinski definition) is 5. The Balaban J connectivity index is 1.54. The average molecular weight is 266 g/mol. The maximum Gasteiger partial charge on any atom is 0.310 e. The second kappa shape index (κ2) is 3.95. The largest absolute Gasteiger partial charge is 0.462 e. The van der Waals surface area contributed by atoms with Crippen molar-refractivity contribution in [1.82, 2.24) is 0 Å². The van der Waals surface area contributed by atoms with E-state index in [9.17, 15) is 14.7 Å². The Labute approximate surface area is 111 Å². The summed E-state index contributed by atoms with van der Waals surface area (Å²) in [4.78, 5) is 24.2. The molecule has 0 spiro atoms. The van der Waals surface area contributed by atoms with Crippen LogP contribution in [0.1, 0.15) is 32.1 Å². The fraction of sp³-hybridized carbons (Fsp3) is 0.857. The number of carbonyl (C=O) groups excluding carboxylic acids is 2. The van der Waals surface area contributed by atoms with E-state index in [1.807, 2.05) is 0 Å². The van der Waals surface area contributed by atoms with Gasteiger partial charge in [-0.1, -0.05) is 0 Å². The van der Waals surface area contributed by atoms with Crippen molar-refractivity contribution in [3.8, 4) is 0 Å². The molecule has 0 radical (unpaired) electrons. The average Bonchev–Trinajstić information content (AvgIpc) is 3.07. The number of rotatable bonds is 2. The standard InChI is InChI=1S/C14H18O5/c15-11-7-5-8-10(14(17)19-12(8)11)9(7)13(16)18-6-3-1-2-4-6/h6-12,15H,1-5H2. The Bertz CT molecular complexity index is 428. The van der Waals surface area contributed by atoms with Gasteiger partial charge < -0.3 is 14.6 Å². The molecule has 2 bridgehead atoms. The summed E-state index contributed by atoms with van der Waals surface area (Å²) in [6.45, 7) is 0. The van der Waals surface area contributed by atoms with E-state index >= 15 is 0 Å². The zero-order valence-corrected chi connectivity index (χ0v) is 10.7. The number of aliphatic hydroxyl groups excluding tert-OH is 1. The van der Waals surface area contributed by atoms with E-state index < -0.39 is 12.0 Å². The van der Waals surface area contributed by atoms with Gasteiger partial charge in [-0.2, -0.15) is 0 Å². The number of hydrogen-bond donors (Lipinski definition) is 1. The van der Waals surface area contributed by atoms with E-state index in [0.717, 1.165) is 25.7 Å². The predicted molar refractivity (Wildman–Crippen MR) is 62.8 cm³/mol. The van der Waals surface area contributed by atoms with E-state index in [4.69, 9.17) is 9.47 Å². The van der Waals surface area contributed by atoms with Crippen LogP contribution in [-0.2, 0) is 19.1 Å². The summed E-state index contributed by atoms with van der Waals surface area (Å²) in [6, 6.07) is 0. The van der Waals surface area contributed by atoms with Crippen LogP contribution in [0.3, 0.4) is 0 Å². The molecule has 104 valence electrons. The quantitative estimate of drug-likeness (QED) is 0.743. The molecule has 6 atom stereocenters. The molecular formula is C14H18O5. The first-order valence-corrected chi connectivity index (χ1v) is 7.26. The van der Waals surface area contributed by atoms with E-state index in [1.165, 1.54) is 0 Å². The maximum absolute atomic E-state index is 12.3. The molecule has 1 saturated heterocycles. The van der Waals surface area contributed by atoms with Crippen molar-refractivity contribution in [1.29, 1.82) is 0 Å². The number of carbonyl (C=O) groups is 2. The number of ether oxygens (including phenoxy) is 2. The molecule has 4 fully saturated rings. The Kier molecular flexibility index (Phi) is 2.43. The minimum Gasteiger partial charge on any atom is -0.462 e. The molecule has 6 unspecified atom stereocenters. The zero-order valence-electron chi connectivity index (χ0n) is 10.7. The number of aliphatic hydroxyl groups is 1. The molecule has 3 saturated carbocycles. The molecule has 3 aliphatic carbocycles. The van der Waals surface area contributed by atoms with Crippen LogP contribution in [0.2, 0.25) is 0 Å². The third-order valence-corrected chi connectivity index (χ3v) is 5.43.